The van der Waals surface area contributed by atoms with Gasteiger partial charge >= 0.3 is 12.2 Å². The van der Waals surface area contributed by atoms with E-state index >= 15 is 0 Å². The minimum absolute atomic E-state index is 0.124. The maximum atomic E-state index is 13.5. The van der Waals surface area contributed by atoms with Crippen LogP contribution in [0.1, 0.15) is 5.56 Å². The van der Waals surface area contributed by atoms with Gasteiger partial charge < -0.3 is 9.15 Å². The Labute approximate surface area is 151 Å². The lowest BCUT2D eigenvalue weighted by molar-refractivity contribution is -0.144. The van der Waals surface area contributed by atoms with E-state index in [4.69, 9.17) is 9.15 Å². The number of nitrogens with zero attached hydrogens (tertiary/aromatic N) is 3. The first-order chi connectivity index (χ1) is 12.8. The second-order valence-electron chi connectivity index (χ2n) is 6.40. The monoisotopic (exact) mass is 381 g/mol. The number of fused-ring (bicyclic) bond motifs is 2. The lowest BCUT2D eigenvalue weighted by Gasteiger charge is -2.18. The van der Waals surface area contributed by atoms with E-state index in [1.54, 1.807) is 23.1 Å². The van der Waals surface area contributed by atoms with E-state index in [0.717, 1.165) is 0 Å². The molecular formula is C18H15F4N3O2. The van der Waals surface area contributed by atoms with Gasteiger partial charge in [0, 0.05) is 12.6 Å². The van der Waals surface area contributed by atoms with E-state index in [0.29, 0.717) is 28.1 Å². The van der Waals surface area contributed by atoms with Gasteiger partial charge in [-0.3, -0.25) is 9.80 Å². The first-order valence-electron chi connectivity index (χ1n) is 8.13. The van der Waals surface area contributed by atoms with Crippen LogP contribution in [0, 0.1) is 5.82 Å². The number of hydrogen-bond acceptors (Lipinski definition) is 5. The lowest BCUT2D eigenvalue weighted by Crippen LogP contribution is -2.30. The van der Waals surface area contributed by atoms with Crippen LogP contribution >= 0.6 is 0 Å². The number of anilines is 2. The Balaban J connectivity index is 1.58. The number of hydrogen-bond donors (Lipinski definition) is 0. The van der Waals surface area contributed by atoms with Gasteiger partial charge in [0.05, 0.1) is 12.2 Å². The average Bonchev–Trinajstić information content (AvgIpc) is 3.15. The molecule has 0 N–H and O–H groups in total. The van der Waals surface area contributed by atoms with E-state index in [-0.39, 0.29) is 19.3 Å². The predicted molar refractivity (Wildman–Crippen MR) is 90.4 cm³/mol. The van der Waals surface area contributed by atoms with Crippen molar-refractivity contribution in [3.05, 3.63) is 47.8 Å². The van der Waals surface area contributed by atoms with Crippen molar-refractivity contribution >= 4 is 22.8 Å². The van der Waals surface area contributed by atoms with Crippen LogP contribution in [0.15, 0.2) is 40.8 Å². The van der Waals surface area contributed by atoms with Crippen molar-refractivity contribution in [2.75, 3.05) is 25.2 Å². The zero-order valence-electron chi connectivity index (χ0n) is 14.3. The van der Waals surface area contributed by atoms with Crippen molar-refractivity contribution in [3.63, 3.8) is 0 Å². The molecule has 0 spiro atoms. The summed E-state index contributed by atoms with van der Waals surface area (Å²) in [6.07, 6.45) is -4.25. The second-order valence-corrected chi connectivity index (χ2v) is 6.40. The summed E-state index contributed by atoms with van der Waals surface area (Å²) in [5.41, 5.74) is 2.18. The molecule has 0 fully saturated rings. The Morgan fingerprint density at radius 2 is 2.00 bits per heavy atom. The molecule has 1 aromatic heterocycles. The summed E-state index contributed by atoms with van der Waals surface area (Å²) in [5.74, 6) is 0.114. The number of aromatic nitrogens is 1. The van der Waals surface area contributed by atoms with Gasteiger partial charge in [0.2, 0.25) is 0 Å². The molecule has 3 aromatic rings. The van der Waals surface area contributed by atoms with Gasteiger partial charge in [-0.05, 0) is 36.9 Å². The molecule has 9 heteroatoms. The molecular weight excluding hydrogens is 366 g/mol. The molecule has 0 unspecified atom stereocenters. The number of alkyl halides is 3. The van der Waals surface area contributed by atoms with Gasteiger partial charge in [0.15, 0.2) is 12.3 Å². The molecule has 1 aliphatic heterocycles. The fourth-order valence-corrected chi connectivity index (χ4v) is 3.03. The topological polar surface area (TPSA) is 41.7 Å². The number of ether oxygens (including phenoxy) is 1. The fourth-order valence-electron chi connectivity index (χ4n) is 3.03. The Morgan fingerprint density at radius 1 is 1.19 bits per heavy atom. The zero-order valence-corrected chi connectivity index (χ0v) is 14.3. The normalized spacial score (nSPS) is 14.1. The minimum Gasteiger partial charge on any atom is -0.470 e. The molecule has 0 bridgehead atoms. The first-order valence-corrected chi connectivity index (χ1v) is 8.13. The lowest BCUT2D eigenvalue weighted by atomic mass is 10.2. The van der Waals surface area contributed by atoms with Crippen LogP contribution < -0.4 is 9.64 Å². The van der Waals surface area contributed by atoms with Crippen LogP contribution in [0.4, 0.5) is 29.3 Å². The summed E-state index contributed by atoms with van der Waals surface area (Å²) >= 11 is 0. The molecule has 0 saturated carbocycles. The zero-order chi connectivity index (χ0) is 19.2. The van der Waals surface area contributed by atoms with Crippen LogP contribution in [0.5, 0.6) is 5.75 Å². The highest BCUT2D eigenvalue weighted by atomic mass is 19.4. The molecule has 1 aliphatic rings. The summed E-state index contributed by atoms with van der Waals surface area (Å²) in [6.45, 7) is -0.742. The maximum absolute atomic E-state index is 13.5. The minimum atomic E-state index is -4.25. The van der Waals surface area contributed by atoms with Gasteiger partial charge in [-0.15, -0.1) is 0 Å². The SMILES string of the molecule is CN(Cc1ccc2oc(N3COc4ccc(F)cc43)nc2c1)CC(F)(F)F. The molecule has 142 valence electrons. The highest BCUT2D eigenvalue weighted by Gasteiger charge is 2.29. The van der Waals surface area contributed by atoms with Gasteiger partial charge in [-0.2, -0.15) is 18.2 Å². The quantitative estimate of drug-likeness (QED) is 0.625. The Hall–Kier alpha value is -2.81. The van der Waals surface area contributed by atoms with Crippen LogP contribution in [-0.4, -0.2) is 36.4 Å². The Bertz CT molecular complexity index is 986. The highest BCUT2D eigenvalue weighted by molar-refractivity contribution is 5.78. The molecule has 2 heterocycles. The van der Waals surface area contributed by atoms with Crippen LogP contribution in [0.3, 0.4) is 0 Å². The summed E-state index contributed by atoms with van der Waals surface area (Å²) in [6, 6.07) is 9.42. The summed E-state index contributed by atoms with van der Waals surface area (Å²) in [5, 5.41) is 0. The molecule has 2 aromatic carbocycles. The van der Waals surface area contributed by atoms with Crippen LogP contribution in [0.25, 0.3) is 11.1 Å². The molecule has 0 radical (unpaired) electrons. The third kappa shape index (κ3) is 3.68. The van der Waals surface area contributed by atoms with Crippen molar-refractivity contribution < 1.29 is 26.7 Å². The molecule has 5 nitrogen and oxygen atoms in total. The van der Waals surface area contributed by atoms with E-state index in [2.05, 4.69) is 4.98 Å². The fraction of sp³-hybridized carbons (Fsp3) is 0.278. The molecule has 4 rings (SSSR count). The van der Waals surface area contributed by atoms with Crippen LogP contribution in [-0.2, 0) is 6.54 Å². The Morgan fingerprint density at radius 3 is 2.78 bits per heavy atom. The van der Waals surface area contributed by atoms with E-state index in [1.807, 2.05) is 0 Å². The molecule has 0 amide bonds. The number of oxazole rings is 1. The van der Waals surface area contributed by atoms with Crippen molar-refractivity contribution in [1.82, 2.24) is 9.88 Å². The molecule has 0 aliphatic carbocycles. The van der Waals surface area contributed by atoms with Crippen molar-refractivity contribution in [3.8, 4) is 5.75 Å². The third-order valence-electron chi connectivity index (χ3n) is 4.13. The van der Waals surface area contributed by atoms with Gasteiger partial charge in [-0.25, -0.2) is 4.39 Å². The average molecular weight is 381 g/mol. The van der Waals surface area contributed by atoms with Gasteiger partial charge in [-0.1, -0.05) is 6.07 Å². The molecule has 27 heavy (non-hydrogen) atoms. The second kappa shape index (κ2) is 6.41. The number of halogens is 4. The van der Waals surface area contributed by atoms with E-state index < -0.39 is 18.5 Å². The summed E-state index contributed by atoms with van der Waals surface area (Å²) in [4.78, 5) is 7.15. The summed E-state index contributed by atoms with van der Waals surface area (Å²) in [7, 11) is 1.40. The molecule has 0 saturated heterocycles. The van der Waals surface area contributed by atoms with Gasteiger partial charge in [0.1, 0.15) is 17.1 Å². The van der Waals surface area contributed by atoms with E-state index in [1.165, 1.54) is 30.1 Å². The highest BCUT2D eigenvalue weighted by Crippen LogP contribution is 2.39. The predicted octanol–water partition coefficient (Wildman–Crippen LogP) is 4.45. The van der Waals surface area contributed by atoms with Crippen molar-refractivity contribution in [2.24, 2.45) is 0 Å². The largest absolute Gasteiger partial charge is 0.470 e. The van der Waals surface area contributed by atoms with Gasteiger partial charge in [0.25, 0.3) is 0 Å². The molecule has 0 atom stereocenters. The van der Waals surface area contributed by atoms with Crippen molar-refractivity contribution in [1.29, 1.82) is 0 Å². The first kappa shape index (κ1) is 17.6. The Kier molecular flexibility index (Phi) is 4.18. The van der Waals surface area contributed by atoms with Crippen molar-refractivity contribution in [2.45, 2.75) is 12.7 Å². The third-order valence-corrected chi connectivity index (χ3v) is 4.13. The summed E-state index contributed by atoms with van der Waals surface area (Å²) < 4.78 is 62.1. The smallest absolute Gasteiger partial charge is 0.401 e. The number of rotatable bonds is 4. The maximum Gasteiger partial charge on any atom is 0.401 e. The van der Waals surface area contributed by atoms with E-state index in [9.17, 15) is 17.6 Å². The number of benzene rings is 2. The van der Waals surface area contributed by atoms with Crippen LogP contribution in [0.2, 0.25) is 0 Å². The standard InChI is InChI=1S/C18H15F4N3O2/c1-24(9-18(20,21)22)8-11-2-4-15-13(6-11)23-17(27-15)25-10-26-16-5-3-12(19)7-14(16)25/h2-7H,8-10H2,1H3.